The van der Waals surface area contributed by atoms with Crippen LogP contribution in [0.4, 0.5) is 10.5 Å². The first-order chi connectivity index (χ1) is 7.04. The second kappa shape index (κ2) is 7.26. The maximum absolute atomic E-state index is 10.8. The van der Waals surface area contributed by atoms with Gasteiger partial charge in [0.15, 0.2) is 0 Å². The molecule has 5 nitrogen and oxygen atoms in total. The molecule has 1 N–H and O–H groups in total. The molecular formula is C8H7ClNNaO4S. The van der Waals surface area contributed by atoms with Gasteiger partial charge in [0.2, 0.25) is 0 Å². The number of nitrogens with one attached hydrogen (secondary N) is 1. The molecule has 0 bridgehead atoms. The molecule has 0 aliphatic rings. The molecule has 82 valence electrons. The second-order valence-corrected chi connectivity index (χ2v) is 3.84. The van der Waals surface area contributed by atoms with Crippen LogP contribution in [0, 0.1) is 0 Å². The van der Waals surface area contributed by atoms with Crippen LogP contribution in [0.1, 0.15) is 0 Å². The van der Waals surface area contributed by atoms with Gasteiger partial charge in [0.25, 0.3) is 0 Å². The zero-order valence-corrected chi connectivity index (χ0v) is 12.2. The van der Waals surface area contributed by atoms with Crippen LogP contribution in [-0.2, 0) is 15.8 Å². The number of anilines is 1. The standard InChI is InChI=1S/C8H8ClNO4S.Na/c1-14-8(11)10-7-3-2-5(15(12)13)4-6(7)9;/h2-4H,1H3,(H,10,11)(H,12,13);/q;+1/p-1. The van der Waals surface area contributed by atoms with Crippen LogP contribution in [0.3, 0.4) is 0 Å². The van der Waals surface area contributed by atoms with Crippen molar-refractivity contribution >= 4 is 34.5 Å². The molecule has 8 heteroatoms. The predicted octanol–water partition coefficient (Wildman–Crippen LogP) is -1.24. The van der Waals surface area contributed by atoms with Crippen molar-refractivity contribution in [2.75, 3.05) is 12.4 Å². The third-order valence-corrected chi connectivity index (χ3v) is 2.51. The summed E-state index contributed by atoms with van der Waals surface area (Å²) in [5.41, 5.74) is 0.290. The summed E-state index contributed by atoms with van der Waals surface area (Å²) >= 11 is 3.39. The number of hydrogen-bond acceptors (Lipinski definition) is 4. The molecular weight excluding hydrogens is 265 g/mol. The van der Waals surface area contributed by atoms with E-state index in [0.29, 0.717) is 0 Å². The van der Waals surface area contributed by atoms with Crippen molar-refractivity contribution < 1.29 is 47.9 Å². The van der Waals surface area contributed by atoms with Crippen molar-refractivity contribution in [1.29, 1.82) is 0 Å². The number of ether oxygens (including phenoxy) is 1. The predicted molar refractivity (Wildman–Crippen MR) is 54.7 cm³/mol. The number of methoxy groups -OCH3 is 1. The van der Waals surface area contributed by atoms with Gasteiger partial charge in [-0.15, -0.1) is 0 Å². The molecule has 1 aromatic carbocycles. The number of hydrogen-bond donors (Lipinski definition) is 1. The molecule has 0 aliphatic heterocycles. The molecule has 0 fully saturated rings. The van der Waals surface area contributed by atoms with Crippen LogP contribution < -0.4 is 34.9 Å². The van der Waals surface area contributed by atoms with Crippen molar-refractivity contribution in [2.24, 2.45) is 0 Å². The fourth-order valence-corrected chi connectivity index (χ4v) is 1.55. The van der Waals surface area contributed by atoms with E-state index < -0.39 is 17.2 Å². The minimum Gasteiger partial charge on any atom is -0.768 e. The van der Waals surface area contributed by atoms with E-state index in [4.69, 9.17) is 11.6 Å². The van der Waals surface area contributed by atoms with Gasteiger partial charge in [-0.25, -0.2) is 4.79 Å². The minimum atomic E-state index is -2.34. The first kappa shape index (κ1) is 15.9. The molecule has 1 unspecified atom stereocenters. The first-order valence-electron chi connectivity index (χ1n) is 3.78. The number of carbonyl (C=O) groups excluding carboxylic acids is 1. The zero-order valence-electron chi connectivity index (χ0n) is 8.65. The van der Waals surface area contributed by atoms with Crippen molar-refractivity contribution in [3.8, 4) is 0 Å². The van der Waals surface area contributed by atoms with E-state index in [1.807, 2.05) is 0 Å². The first-order valence-corrected chi connectivity index (χ1v) is 5.23. The summed E-state index contributed by atoms with van der Waals surface area (Å²) in [6.45, 7) is 0. The van der Waals surface area contributed by atoms with Crippen LogP contribution in [0.25, 0.3) is 0 Å². The summed E-state index contributed by atoms with van der Waals surface area (Å²) in [7, 11) is 1.21. The number of amides is 1. The number of halogens is 1. The van der Waals surface area contributed by atoms with E-state index in [9.17, 15) is 13.6 Å². The maximum Gasteiger partial charge on any atom is 1.00 e. The normalized spacial score (nSPS) is 11.2. The molecule has 0 heterocycles. The van der Waals surface area contributed by atoms with Gasteiger partial charge >= 0.3 is 35.7 Å². The molecule has 0 spiro atoms. The smallest absolute Gasteiger partial charge is 0.768 e. The summed E-state index contributed by atoms with van der Waals surface area (Å²) in [5, 5.41) is 2.46. The Balaban J connectivity index is 0.00000225. The summed E-state index contributed by atoms with van der Waals surface area (Å²) < 4.78 is 25.5. The Kier molecular flexibility index (Phi) is 7.21. The fourth-order valence-electron chi connectivity index (χ4n) is 0.862. The van der Waals surface area contributed by atoms with Crippen LogP contribution >= 0.6 is 11.6 Å². The molecule has 0 saturated carbocycles. The average molecular weight is 272 g/mol. The molecule has 1 atom stereocenters. The van der Waals surface area contributed by atoms with Gasteiger partial charge in [0.1, 0.15) is 0 Å². The molecule has 16 heavy (non-hydrogen) atoms. The van der Waals surface area contributed by atoms with Crippen molar-refractivity contribution in [3.63, 3.8) is 0 Å². The molecule has 0 radical (unpaired) electrons. The molecule has 1 aromatic rings. The van der Waals surface area contributed by atoms with Gasteiger partial charge in [-0.05, 0) is 29.3 Å². The van der Waals surface area contributed by atoms with E-state index in [0.717, 1.165) is 0 Å². The number of benzene rings is 1. The van der Waals surface area contributed by atoms with Crippen LogP contribution in [-0.4, -0.2) is 22.0 Å². The Morgan fingerprint density at radius 3 is 2.62 bits per heavy atom. The SMILES string of the molecule is COC(=O)Nc1ccc(S(=O)[O-])cc1Cl.[Na+]. The largest absolute Gasteiger partial charge is 1.00 e. The van der Waals surface area contributed by atoms with E-state index in [1.54, 1.807) is 0 Å². The van der Waals surface area contributed by atoms with E-state index in [-0.39, 0.29) is 45.2 Å². The minimum absolute atomic E-state index is 0. The molecule has 1 amide bonds. The van der Waals surface area contributed by atoms with E-state index in [2.05, 4.69) is 10.1 Å². The summed E-state index contributed by atoms with van der Waals surface area (Å²) in [4.78, 5) is 10.9. The van der Waals surface area contributed by atoms with Gasteiger partial charge in [-0.3, -0.25) is 9.53 Å². The summed E-state index contributed by atoms with van der Waals surface area (Å²) in [5.74, 6) is 0. The van der Waals surface area contributed by atoms with Gasteiger partial charge in [-0.2, -0.15) is 0 Å². The Hall–Kier alpha value is -0.110. The Bertz CT molecular complexity index is 415. The van der Waals surface area contributed by atoms with Gasteiger partial charge in [0.05, 0.1) is 17.8 Å². The van der Waals surface area contributed by atoms with E-state index >= 15 is 0 Å². The monoisotopic (exact) mass is 271 g/mol. The van der Waals surface area contributed by atoms with Crippen molar-refractivity contribution in [1.82, 2.24) is 0 Å². The van der Waals surface area contributed by atoms with Crippen LogP contribution in [0.2, 0.25) is 5.02 Å². The maximum atomic E-state index is 10.8. The topological polar surface area (TPSA) is 78.5 Å². The number of rotatable bonds is 2. The Labute approximate surface area is 122 Å². The van der Waals surface area contributed by atoms with Crippen LogP contribution in [0.5, 0.6) is 0 Å². The average Bonchev–Trinajstić information content (AvgIpc) is 2.20. The fraction of sp³-hybridized carbons (Fsp3) is 0.125. The van der Waals surface area contributed by atoms with Gasteiger partial charge in [-0.1, -0.05) is 11.6 Å². The van der Waals surface area contributed by atoms with Crippen molar-refractivity contribution in [3.05, 3.63) is 23.2 Å². The zero-order chi connectivity index (χ0) is 11.4. The Morgan fingerprint density at radius 2 is 2.19 bits per heavy atom. The summed E-state index contributed by atoms with van der Waals surface area (Å²) in [6, 6.07) is 3.93. The molecule has 0 aromatic heterocycles. The molecule has 0 aliphatic carbocycles. The van der Waals surface area contributed by atoms with E-state index in [1.165, 1.54) is 25.3 Å². The van der Waals surface area contributed by atoms with Gasteiger partial charge < -0.3 is 9.29 Å². The number of carbonyl (C=O) groups is 1. The Morgan fingerprint density at radius 1 is 1.56 bits per heavy atom. The second-order valence-electron chi connectivity index (χ2n) is 2.49. The molecule has 0 saturated heterocycles. The summed E-state index contributed by atoms with van der Waals surface area (Å²) in [6.07, 6.45) is -0.673. The quantitative estimate of drug-likeness (QED) is 0.539. The molecule has 1 rings (SSSR count). The third-order valence-electron chi connectivity index (χ3n) is 1.56. The third kappa shape index (κ3) is 4.40. The van der Waals surface area contributed by atoms with Gasteiger partial charge in [0, 0.05) is 4.90 Å². The van der Waals surface area contributed by atoms with Crippen molar-refractivity contribution in [2.45, 2.75) is 4.90 Å². The van der Waals surface area contributed by atoms with Crippen LogP contribution in [0.15, 0.2) is 23.1 Å².